The highest BCUT2D eigenvalue weighted by Gasteiger charge is 2.59. The molecular weight excluding hydrogens is 240 g/mol. The van der Waals surface area contributed by atoms with Gasteiger partial charge in [-0.25, -0.2) is 0 Å². The predicted molar refractivity (Wildman–Crippen MR) is 45.9 cm³/mol. The summed E-state index contributed by atoms with van der Waals surface area (Å²) in [6.07, 6.45) is 0. The van der Waals surface area contributed by atoms with E-state index in [4.69, 9.17) is 0 Å². The summed E-state index contributed by atoms with van der Waals surface area (Å²) in [5.41, 5.74) is 0. The summed E-state index contributed by atoms with van der Waals surface area (Å²) in [7, 11) is -6.43. The molecule has 9 heteroatoms. The average molecular weight is 251 g/mol. The van der Waals surface area contributed by atoms with Crippen LogP contribution in [-0.4, -0.2) is 19.1 Å². The zero-order valence-corrected chi connectivity index (χ0v) is 9.55. The summed E-state index contributed by atoms with van der Waals surface area (Å²) in [4.78, 5) is 0. The van der Waals surface area contributed by atoms with Gasteiger partial charge in [0, 0.05) is 0 Å². The first-order valence-corrected chi connectivity index (χ1v) is 6.11. The Morgan fingerprint density at radius 1 is 1.29 bits per heavy atom. The minimum absolute atomic E-state index is 0.224. The van der Waals surface area contributed by atoms with E-state index in [1.807, 2.05) is 0 Å². The smallest absolute Gasteiger partial charge is 0.303 e. The molecule has 0 N–H and O–H groups in total. The maximum absolute atomic E-state index is 12.9. The van der Waals surface area contributed by atoms with Crippen LogP contribution in [0.15, 0.2) is 0 Å². The lowest BCUT2D eigenvalue weighted by Crippen LogP contribution is -2.20. The molecule has 0 rings (SSSR count). The first-order chi connectivity index (χ1) is 6.43. The molecular formula is C5H11F2O5P2+. The summed E-state index contributed by atoms with van der Waals surface area (Å²) in [6, 6.07) is 0. The van der Waals surface area contributed by atoms with E-state index in [2.05, 4.69) is 13.6 Å². The second-order valence-electron chi connectivity index (χ2n) is 2.00. The molecule has 84 valence electrons. The van der Waals surface area contributed by atoms with Gasteiger partial charge in [-0.05, 0) is 18.4 Å². The monoisotopic (exact) mass is 251 g/mol. The van der Waals surface area contributed by atoms with Gasteiger partial charge in [-0.1, -0.05) is 4.52 Å². The maximum atomic E-state index is 12.9. The zero-order valence-electron chi connectivity index (χ0n) is 7.66. The third-order valence-electron chi connectivity index (χ3n) is 1.08. The third-order valence-corrected chi connectivity index (χ3v) is 3.52. The van der Waals surface area contributed by atoms with Crippen molar-refractivity contribution in [2.24, 2.45) is 0 Å². The number of rotatable bonds is 7. The van der Waals surface area contributed by atoms with Crippen molar-refractivity contribution >= 4 is 16.3 Å². The molecule has 5 nitrogen and oxygen atoms in total. The van der Waals surface area contributed by atoms with Crippen LogP contribution in [0, 0.1) is 0 Å². The van der Waals surface area contributed by atoms with Crippen LogP contribution in [0.4, 0.5) is 8.78 Å². The van der Waals surface area contributed by atoms with Crippen molar-refractivity contribution in [3.63, 3.8) is 0 Å². The fourth-order valence-electron chi connectivity index (χ4n) is 0.634. The Labute approximate surface area is 81.5 Å². The first kappa shape index (κ1) is 14.1. The quantitative estimate of drug-likeness (QED) is 0.651. The summed E-state index contributed by atoms with van der Waals surface area (Å²) in [5, 5.41) is 0. The van der Waals surface area contributed by atoms with Crippen molar-refractivity contribution in [2.75, 3.05) is 13.2 Å². The summed E-state index contributed by atoms with van der Waals surface area (Å²) < 4.78 is 59.2. The van der Waals surface area contributed by atoms with Gasteiger partial charge in [0.05, 0.1) is 13.2 Å². The standard InChI is InChI=1S/C5H11F2O5P2/c1-3-10-14(9,11-4-2)5(6,7)12-13-8/h13H,3-4H2,1-2H3/q+1. The topological polar surface area (TPSA) is 61.8 Å². The zero-order chi connectivity index (χ0) is 11.2. The second kappa shape index (κ2) is 5.83. The van der Waals surface area contributed by atoms with Crippen LogP contribution in [0.3, 0.4) is 0 Å². The van der Waals surface area contributed by atoms with Crippen LogP contribution in [0.1, 0.15) is 13.8 Å². The van der Waals surface area contributed by atoms with E-state index in [0.717, 1.165) is 0 Å². The third kappa shape index (κ3) is 3.33. The van der Waals surface area contributed by atoms with E-state index in [0.29, 0.717) is 0 Å². The van der Waals surface area contributed by atoms with E-state index in [1.54, 1.807) is 0 Å². The summed E-state index contributed by atoms with van der Waals surface area (Å²) in [6.45, 7) is 2.30. The normalized spacial score (nSPS) is 13.4. The van der Waals surface area contributed by atoms with Gasteiger partial charge in [-0.2, -0.15) is 8.78 Å². The van der Waals surface area contributed by atoms with E-state index in [-0.39, 0.29) is 13.2 Å². The molecule has 0 aliphatic rings. The molecule has 0 aromatic heterocycles. The van der Waals surface area contributed by atoms with E-state index >= 15 is 0 Å². The van der Waals surface area contributed by atoms with Crippen molar-refractivity contribution < 1.29 is 31.5 Å². The van der Waals surface area contributed by atoms with Crippen molar-refractivity contribution in [3.05, 3.63) is 0 Å². The molecule has 0 radical (unpaired) electrons. The largest absolute Gasteiger partial charge is 0.501 e. The van der Waals surface area contributed by atoms with E-state index < -0.39 is 22.1 Å². The van der Waals surface area contributed by atoms with Crippen LogP contribution in [0.5, 0.6) is 0 Å². The molecule has 0 heterocycles. The van der Waals surface area contributed by atoms with Crippen LogP contribution < -0.4 is 0 Å². The van der Waals surface area contributed by atoms with Gasteiger partial charge in [0.1, 0.15) is 0 Å². The molecule has 0 aliphatic carbocycles. The molecule has 0 saturated carbocycles. The van der Waals surface area contributed by atoms with Crippen molar-refractivity contribution in [1.82, 2.24) is 0 Å². The highest BCUT2D eigenvalue weighted by molar-refractivity contribution is 7.55. The molecule has 0 aromatic carbocycles. The fourth-order valence-corrected chi connectivity index (χ4v) is 2.35. The predicted octanol–water partition coefficient (Wildman–Crippen LogP) is 2.76. The van der Waals surface area contributed by atoms with Gasteiger partial charge in [0.2, 0.25) is 0 Å². The lowest BCUT2D eigenvalue weighted by Gasteiger charge is -2.20. The van der Waals surface area contributed by atoms with Crippen LogP contribution in [0.25, 0.3) is 0 Å². The summed E-state index contributed by atoms with van der Waals surface area (Å²) >= 11 is 0. The molecule has 0 amide bonds. The molecule has 0 fully saturated rings. The van der Waals surface area contributed by atoms with E-state index in [1.165, 1.54) is 13.8 Å². The van der Waals surface area contributed by atoms with Gasteiger partial charge in [0.25, 0.3) is 0 Å². The Hall–Kier alpha value is 0.0700. The average Bonchev–Trinajstić information content (AvgIpc) is 2.04. The minimum atomic E-state index is -4.69. The highest BCUT2D eigenvalue weighted by Crippen LogP contribution is 2.63. The van der Waals surface area contributed by atoms with E-state index in [9.17, 15) is 17.9 Å². The molecule has 0 aromatic rings. The van der Waals surface area contributed by atoms with Crippen molar-refractivity contribution in [1.29, 1.82) is 0 Å². The molecule has 0 spiro atoms. The maximum Gasteiger partial charge on any atom is 0.501 e. The van der Waals surface area contributed by atoms with Crippen molar-refractivity contribution in [2.45, 2.75) is 19.7 Å². The fraction of sp³-hybridized carbons (Fsp3) is 1.00. The van der Waals surface area contributed by atoms with Gasteiger partial charge in [-0.3, -0.25) is 4.57 Å². The second-order valence-corrected chi connectivity index (χ2v) is 4.41. The molecule has 1 atom stereocenters. The van der Waals surface area contributed by atoms with Gasteiger partial charge in [-0.15, -0.1) is 0 Å². The molecule has 0 saturated heterocycles. The Morgan fingerprint density at radius 2 is 1.71 bits per heavy atom. The molecule has 0 bridgehead atoms. The lowest BCUT2D eigenvalue weighted by molar-refractivity contribution is -0.115. The van der Waals surface area contributed by atoms with Crippen LogP contribution in [0.2, 0.25) is 0 Å². The van der Waals surface area contributed by atoms with Crippen molar-refractivity contribution in [3.8, 4) is 0 Å². The first-order valence-electron chi connectivity index (χ1n) is 3.75. The van der Waals surface area contributed by atoms with Crippen LogP contribution >= 0.6 is 16.3 Å². The number of alkyl halides is 2. The number of hydrogen-bond acceptors (Lipinski definition) is 5. The molecule has 1 unspecified atom stereocenters. The SMILES string of the molecule is CCOP(=O)(OCC)C(F)(F)O[PH+]=O. The van der Waals surface area contributed by atoms with Crippen LogP contribution in [-0.2, 0) is 22.7 Å². The Balaban J connectivity index is 4.77. The number of halogens is 2. The Morgan fingerprint density at radius 3 is 2.00 bits per heavy atom. The highest BCUT2D eigenvalue weighted by atomic mass is 31.2. The molecule has 14 heavy (non-hydrogen) atoms. The Kier molecular flexibility index (Phi) is 5.86. The molecule has 0 aliphatic heterocycles. The Bertz CT molecular complexity index is 224. The van der Waals surface area contributed by atoms with Gasteiger partial charge >= 0.3 is 22.1 Å². The van der Waals surface area contributed by atoms with Gasteiger partial charge in [0.15, 0.2) is 0 Å². The summed E-state index contributed by atoms with van der Waals surface area (Å²) in [5.74, 6) is -4.18. The van der Waals surface area contributed by atoms with Gasteiger partial charge < -0.3 is 9.05 Å². The minimum Gasteiger partial charge on any atom is -0.303 e. The lowest BCUT2D eigenvalue weighted by atomic mass is 10.9. The number of hydrogen-bond donors (Lipinski definition) is 0.